The molecule has 0 fully saturated rings. The van der Waals surface area contributed by atoms with E-state index < -0.39 is 10.2 Å². The summed E-state index contributed by atoms with van der Waals surface area (Å²) in [5, 5.41) is 0.405. The third-order valence-corrected chi connectivity index (χ3v) is 3.15. The Hall–Kier alpha value is -1.02. The lowest BCUT2D eigenvalue weighted by Crippen LogP contribution is -2.34. The summed E-state index contributed by atoms with van der Waals surface area (Å²) < 4.78 is 32.7. The Morgan fingerprint density at radius 1 is 1.47 bits per heavy atom. The maximum Gasteiger partial charge on any atom is 0.299 e. The standard InChI is InChI=1S/C9H14ClN3O3S/c1-16-9-3-2-7(10)6-8(9)13-17(14,15)12-5-4-11/h2-3,6,12-13H,4-5,11H2,1H3. The molecule has 8 heteroatoms. The van der Waals surface area contributed by atoms with Crippen LogP contribution in [0.4, 0.5) is 5.69 Å². The molecule has 0 spiro atoms. The summed E-state index contributed by atoms with van der Waals surface area (Å²) >= 11 is 5.78. The molecule has 17 heavy (non-hydrogen) atoms. The van der Waals surface area contributed by atoms with Gasteiger partial charge in [0.15, 0.2) is 0 Å². The summed E-state index contributed by atoms with van der Waals surface area (Å²) in [6.45, 7) is 0.367. The van der Waals surface area contributed by atoms with Crippen molar-refractivity contribution in [2.45, 2.75) is 0 Å². The molecule has 0 saturated carbocycles. The molecule has 0 saturated heterocycles. The average Bonchev–Trinajstić information content (AvgIpc) is 2.26. The maximum atomic E-state index is 11.6. The van der Waals surface area contributed by atoms with E-state index in [9.17, 15) is 8.42 Å². The Bertz CT molecular complexity index is 478. The number of anilines is 1. The van der Waals surface area contributed by atoms with Crippen LogP contribution in [0.3, 0.4) is 0 Å². The second kappa shape index (κ2) is 6.06. The van der Waals surface area contributed by atoms with E-state index in [4.69, 9.17) is 22.1 Å². The van der Waals surface area contributed by atoms with Gasteiger partial charge in [-0.2, -0.15) is 13.1 Å². The lowest BCUT2D eigenvalue weighted by molar-refractivity contribution is 0.417. The van der Waals surface area contributed by atoms with Crippen molar-refractivity contribution in [1.29, 1.82) is 0 Å². The monoisotopic (exact) mass is 279 g/mol. The lowest BCUT2D eigenvalue weighted by atomic mass is 10.3. The number of methoxy groups -OCH3 is 1. The van der Waals surface area contributed by atoms with Crippen molar-refractivity contribution in [2.75, 3.05) is 24.9 Å². The van der Waals surface area contributed by atoms with Crippen LogP contribution in [0.2, 0.25) is 5.02 Å². The predicted molar refractivity (Wildman–Crippen MR) is 67.6 cm³/mol. The third kappa shape index (κ3) is 4.39. The van der Waals surface area contributed by atoms with Crippen molar-refractivity contribution in [3.05, 3.63) is 23.2 Å². The van der Waals surface area contributed by atoms with Gasteiger partial charge in [0.2, 0.25) is 0 Å². The van der Waals surface area contributed by atoms with Crippen LogP contribution in [0.5, 0.6) is 5.75 Å². The summed E-state index contributed by atoms with van der Waals surface area (Å²) in [6.07, 6.45) is 0. The summed E-state index contributed by atoms with van der Waals surface area (Å²) in [4.78, 5) is 0. The number of rotatable bonds is 6. The van der Waals surface area contributed by atoms with Crippen LogP contribution in [0.25, 0.3) is 0 Å². The van der Waals surface area contributed by atoms with Gasteiger partial charge in [-0.25, -0.2) is 0 Å². The van der Waals surface area contributed by atoms with Gasteiger partial charge in [0.05, 0.1) is 12.8 Å². The van der Waals surface area contributed by atoms with Gasteiger partial charge >= 0.3 is 0 Å². The molecule has 1 rings (SSSR count). The van der Waals surface area contributed by atoms with E-state index in [0.29, 0.717) is 10.8 Å². The van der Waals surface area contributed by atoms with E-state index in [1.807, 2.05) is 0 Å². The van der Waals surface area contributed by atoms with Crippen molar-refractivity contribution in [3.63, 3.8) is 0 Å². The quantitative estimate of drug-likeness (QED) is 0.709. The topological polar surface area (TPSA) is 93.4 Å². The first-order valence-electron chi connectivity index (χ1n) is 4.79. The Morgan fingerprint density at radius 3 is 2.76 bits per heavy atom. The summed E-state index contributed by atoms with van der Waals surface area (Å²) in [6, 6.07) is 4.64. The van der Waals surface area contributed by atoms with E-state index in [1.54, 1.807) is 12.1 Å². The predicted octanol–water partition coefficient (Wildman–Crippen LogP) is 0.554. The fourth-order valence-corrected chi connectivity index (χ4v) is 2.21. The first-order chi connectivity index (χ1) is 7.98. The van der Waals surface area contributed by atoms with Crippen LogP contribution >= 0.6 is 11.6 Å². The number of nitrogens with two attached hydrogens (primary N) is 1. The zero-order chi connectivity index (χ0) is 12.9. The van der Waals surface area contributed by atoms with Crippen LogP contribution in [0.15, 0.2) is 18.2 Å². The second-order valence-electron chi connectivity index (χ2n) is 3.13. The van der Waals surface area contributed by atoms with Crippen LogP contribution in [-0.2, 0) is 10.2 Å². The van der Waals surface area contributed by atoms with Crippen LogP contribution in [-0.4, -0.2) is 28.6 Å². The Labute approximate surface area is 105 Å². The highest BCUT2D eigenvalue weighted by Gasteiger charge is 2.12. The van der Waals surface area contributed by atoms with Crippen molar-refractivity contribution in [1.82, 2.24) is 4.72 Å². The van der Waals surface area contributed by atoms with Crippen LogP contribution in [0, 0.1) is 0 Å². The highest BCUT2D eigenvalue weighted by atomic mass is 35.5. The van der Waals surface area contributed by atoms with E-state index in [-0.39, 0.29) is 18.8 Å². The number of ether oxygens (including phenoxy) is 1. The van der Waals surface area contributed by atoms with E-state index in [2.05, 4.69) is 9.44 Å². The Kier molecular flexibility index (Phi) is 5.01. The molecule has 0 aliphatic heterocycles. The normalized spacial score (nSPS) is 11.2. The number of halogens is 1. The van der Waals surface area contributed by atoms with Gasteiger partial charge in [-0.3, -0.25) is 4.72 Å². The number of benzene rings is 1. The highest BCUT2D eigenvalue weighted by molar-refractivity contribution is 7.90. The molecule has 96 valence electrons. The number of hydrogen-bond acceptors (Lipinski definition) is 4. The zero-order valence-corrected chi connectivity index (χ0v) is 10.8. The molecule has 0 bridgehead atoms. The smallest absolute Gasteiger partial charge is 0.299 e. The summed E-state index contributed by atoms with van der Waals surface area (Å²) in [7, 11) is -2.23. The maximum absolute atomic E-state index is 11.6. The van der Waals surface area contributed by atoms with Gasteiger partial charge < -0.3 is 10.5 Å². The minimum absolute atomic E-state index is 0.151. The van der Waals surface area contributed by atoms with Crippen LogP contribution in [0.1, 0.15) is 0 Å². The molecule has 0 unspecified atom stereocenters. The van der Waals surface area contributed by atoms with Gasteiger partial charge in [0, 0.05) is 18.1 Å². The van der Waals surface area contributed by atoms with Crippen LogP contribution < -0.4 is 19.9 Å². The van der Waals surface area contributed by atoms with E-state index in [1.165, 1.54) is 13.2 Å². The van der Waals surface area contributed by atoms with Gasteiger partial charge in [0.25, 0.3) is 10.2 Å². The van der Waals surface area contributed by atoms with Crippen molar-refractivity contribution < 1.29 is 13.2 Å². The molecule has 4 N–H and O–H groups in total. The van der Waals surface area contributed by atoms with E-state index in [0.717, 1.165) is 0 Å². The molecule has 0 atom stereocenters. The molecule has 0 aromatic heterocycles. The average molecular weight is 280 g/mol. The molecule has 0 radical (unpaired) electrons. The molecule has 0 heterocycles. The van der Waals surface area contributed by atoms with Gasteiger partial charge in [-0.1, -0.05) is 11.6 Å². The van der Waals surface area contributed by atoms with Gasteiger partial charge in [-0.15, -0.1) is 0 Å². The molecule has 0 amide bonds. The second-order valence-corrected chi connectivity index (χ2v) is 5.07. The molecule has 0 aliphatic carbocycles. The highest BCUT2D eigenvalue weighted by Crippen LogP contribution is 2.28. The number of hydrogen-bond donors (Lipinski definition) is 3. The lowest BCUT2D eigenvalue weighted by Gasteiger charge is -2.12. The van der Waals surface area contributed by atoms with Crippen molar-refractivity contribution in [3.8, 4) is 5.75 Å². The Balaban J connectivity index is 2.90. The summed E-state index contributed by atoms with van der Waals surface area (Å²) in [5.41, 5.74) is 5.48. The minimum atomic E-state index is -3.66. The minimum Gasteiger partial charge on any atom is -0.495 e. The first kappa shape index (κ1) is 14.0. The largest absolute Gasteiger partial charge is 0.495 e. The fourth-order valence-electron chi connectivity index (χ4n) is 1.13. The molecule has 0 aliphatic rings. The Morgan fingerprint density at radius 2 is 2.18 bits per heavy atom. The van der Waals surface area contributed by atoms with Gasteiger partial charge in [0.1, 0.15) is 5.75 Å². The molecule has 6 nitrogen and oxygen atoms in total. The van der Waals surface area contributed by atoms with Crippen molar-refractivity contribution in [2.24, 2.45) is 5.73 Å². The molecular weight excluding hydrogens is 266 g/mol. The summed E-state index contributed by atoms with van der Waals surface area (Å²) in [5.74, 6) is 0.382. The van der Waals surface area contributed by atoms with Crippen molar-refractivity contribution >= 4 is 27.5 Å². The zero-order valence-electron chi connectivity index (χ0n) is 9.23. The van der Waals surface area contributed by atoms with Gasteiger partial charge in [-0.05, 0) is 18.2 Å². The molecule has 1 aromatic carbocycles. The third-order valence-electron chi connectivity index (χ3n) is 1.84. The van der Waals surface area contributed by atoms with E-state index >= 15 is 0 Å². The SMILES string of the molecule is COc1ccc(Cl)cc1NS(=O)(=O)NCCN. The molecule has 1 aromatic rings. The fraction of sp³-hybridized carbons (Fsp3) is 0.333. The molecular formula is C9H14ClN3O3S. The number of nitrogens with one attached hydrogen (secondary N) is 2. The first-order valence-corrected chi connectivity index (χ1v) is 6.65.